The molecule has 1 saturated heterocycles. The number of carbonyl (C=O) groups excluding carboxylic acids is 2. The Hall–Kier alpha value is -2.08. The fraction of sp³-hybridized carbons (Fsp3) is 0.286. The van der Waals surface area contributed by atoms with Crippen LogP contribution in [0.4, 0.5) is 0 Å². The lowest BCUT2D eigenvalue weighted by Crippen LogP contribution is -2.34. The van der Waals surface area contributed by atoms with Gasteiger partial charge in [0.15, 0.2) is 0 Å². The van der Waals surface area contributed by atoms with Gasteiger partial charge in [-0.05, 0) is 18.6 Å². The minimum atomic E-state index is -0.285. The van der Waals surface area contributed by atoms with E-state index in [1.54, 1.807) is 4.90 Å². The summed E-state index contributed by atoms with van der Waals surface area (Å²) in [6.07, 6.45) is 1.90. The first-order valence-electron chi connectivity index (χ1n) is 5.60. The van der Waals surface area contributed by atoms with Crippen molar-refractivity contribution in [1.29, 1.82) is 0 Å². The van der Waals surface area contributed by atoms with Crippen molar-refractivity contribution in [1.82, 2.24) is 4.90 Å². The first kappa shape index (κ1) is 11.4. The van der Waals surface area contributed by atoms with E-state index in [0.29, 0.717) is 19.4 Å². The summed E-state index contributed by atoms with van der Waals surface area (Å²) in [5, 5.41) is 0. The molecule has 1 fully saturated rings. The van der Waals surface area contributed by atoms with Gasteiger partial charge in [0.1, 0.15) is 6.29 Å². The van der Waals surface area contributed by atoms with Crippen molar-refractivity contribution in [2.75, 3.05) is 6.54 Å². The van der Waals surface area contributed by atoms with Crippen LogP contribution in [0, 0.1) is 11.8 Å². The van der Waals surface area contributed by atoms with E-state index < -0.39 is 0 Å². The monoisotopic (exact) mass is 227 g/mol. The molecule has 17 heavy (non-hydrogen) atoms. The second-order valence-corrected chi connectivity index (χ2v) is 3.93. The molecular formula is C14H13NO2. The van der Waals surface area contributed by atoms with Gasteiger partial charge < -0.3 is 9.69 Å². The molecule has 0 saturated carbocycles. The van der Waals surface area contributed by atoms with Crippen molar-refractivity contribution >= 4 is 12.2 Å². The van der Waals surface area contributed by atoms with E-state index >= 15 is 0 Å². The number of rotatable bonds is 2. The molecule has 86 valence electrons. The molecule has 1 amide bonds. The molecule has 3 heteroatoms. The molecule has 1 aromatic rings. The molecule has 0 aliphatic carbocycles. The third kappa shape index (κ3) is 2.73. The average Bonchev–Trinajstić information content (AvgIpc) is 2.72. The summed E-state index contributed by atoms with van der Waals surface area (Å²) in [5.41, 5.74) is 0.918. The Labute approximate surface area is 100 Å². The maximum Gasteiger partial charge on any atom is 0.224 e. The Bertz CT molecular complexity index is 470. The summed E-state index contributed by atoms with van der Waals surface area (Å²) in [6.45, 7) is 0.330. The Morgan fingerprint density at radius 3 is 2.82 bits per heavy atom. The summed E-state index contributed by atoms with van der Waals surface area (Å²) < 4.78 is 0. The summed E-state index contributed by atoms with van der Waals surface area (Å²) in [7, 11) is 0. The van der Waals surface area contributed by atoms with Gasteiger partial charge in [0.25, 0.3) is 0 Å². The lowest BCUT2D eigenvalue weighted by molar-refractivity contribution is -0.130. The van der Waals surface area contributed by atoms with Crippen LogP contribution in [-0.2, 0) is 9.59 Å². The van der Waals surface area contributed by atoms with Crippen LogP contribution in [-0.4, -0.2) is 29.7 Å². The minimum absolute atomic E-state index is 0.0180. The van der Waals surface area contributed by atoms with E-state index in [-0.39, 0.29) is 11.9 Å². The number of aldehydes is 1. The number of nitrogens with zero attached hydrogens (tertiary/aromatic N) is 1. The predicted molar refractivity (Wildman–Crippen MR) is 64.1 cm³/mol. The molecule has 0 N–H and O–H groups in total. The second kappa shape index (κ2) is 5.31. The van der Waals surface area contributed by atoms with Crippen LogP contribution < -0.4 is 0 Å². The van der Waals surface area contributed by atoms with Gasteiger partial charge in [-0.15, -0.1) is 0 Å². The van der Waals surface area contributed by atoms with Crippen LogP contribution >= 0.6 is 0 Å². The molecule has 1 aromatic carbocycles. The van der Waals surface area contributed by atoms with E-state index in [2.05, 4.69) is 11.8 Å². The number of carbonyl (C=O) groups is 2. The molecule has 0 aromatic heterocycles. The quantitative estimate of drug-likeness (QED) is 0.563. The van der Waals surface area contributed by atoms with Crippen molar-refractivity contribution in [2.24, 2.45) is 0 Å². The van der Waals surface area contributed by atoms with Gasteiger partial charge in [-0.3, -0.25) is 4.79 Å². The summed E-state index contributed by atoms with van der Waals surface area (Å²) in [6, 6.07) is 9.30. The standard InChI is InChI=1S/C14H13NO2/c16-11-13-8-9-14(17)15(13)10-4-7-12-5-2-1-3-6-12/h1-3,5-6,11,13H,8-10H2/t13-/m0/s1. The highest BCUT2D eigenvalue weighted by Gasteiger charge is 2.29. The van der Waals surface area contributed by atoms with Crippen LogP contribution in [0.5, 0.6) is 0 Å². The molecule has 3 nitrogen and oxygen atoms in total. The highest BCUT2D eigenvalue weighted by molar-refractivity contribution is 5.83. The van der Waals surface area contributed by atoms with Crippen LogP contribution in [0.1, 0.15) is 18.4 Å². The van der Waals surface area contributed by atoms with Gasteiger partial charge in [0.2, 0.25) is 5.91 Å². The largest absolute Gasteiger partial charge is 0.322 e. The normalized spacial score (nSPS) is 18.7. The van der Waals surface area contributed by atoms with Crippen LogP contribution in [0.2, 0.25) is 0 Å². The Morgan fingerprint density at radius 2 is 2.12 bits per heavy atom. The lowest BCUT2D eigenvalue weighted by atomic mass is 10.2. The summed E-state index contributed by atoms with van der Waals surface area (Å²) in [5.74, 6) is 5.93. The SMILES string of the molecule is O=C[C@@H]1CCC(=O)N1CC#Cc1ccccc1. The zero-order valence-corrected chi connectivity index (χ0v) is 9.43. The van der Waals surface area contributed by atoms with Crippen molar-refractivity contribution in [3.63, 3.8) is 0 Å². The third-order valence-electron chi connectivity index (χ3n) is 2.79. The smallest absolute Gasteiger partial charge is 0.224 e. The molecule has 0 radical (unpaired) electrons. The van der Waals surface area contributed by atoms with E-state index in [9.17, 15) is 9.59 Å². The molecule has 0 unspecified atom stereocenters. The Morgan fingerprint density at radius 1 is 1.35 bits per heavy atom. The maximum atomic E-state index is 11.5. The predicted octanol–water partition coefficient (Wildman–Crippen LogP) is 1.23. The van der Waals surface area contributed by atoms with E-state index in [4.69, 9.17) is 0 Å². The number of benzene rings is 1. The van der Waals surface area contributed by atoms with Crippen LogP contribution in [0.3, 0.4) is 0 Å². The zero-order valence-electron chi connectivity index (χ0n) is 9.43. The molecule has 1 heterocycles. The molecule has 1 aliphatic rings. The number of hydrogen-bond acceptors (Lipinski definition) is 2. The first-order valence-corrected chi connectivity index (χ1v) is 5.60. The van der Waals surface area contributed by atoms with Gasteiger partial charge in [-0.2, -0.15) is 0 Å². The Balaban J connectivity index is 2.00. The van der Waals surface area contributed by atoms with Crippen LogP contribution in [0.25, 0.3) is 0 Å². The molecule has 1 aliphatic heterocycles. The lowest BCUT2D eigenvalue weighted by Gasteiger charge is -2.16. The Kier molecular flexibility index (Phi) is 3.56. The van der Waals surface area contributed by atoms with Gasteiger partial charge >= 0.3 is 0 Å². The van der Waals surface area contributed by atoms with Gasteiger partial charge in [0.05, 0.1) is 12.6 Å². The van der Waals surface area contributed by atoms with Gasteiger partial charge in [0, 0.05) is 12.0 Å². The summed E-state index contributed by atoms with van der Waals surface area (Å²) >= 11 is 0. The highest BCUT2D eigenvalue weighted by atomic mass is 16.2. The molecule has 1 atom stereocenters. The minimum Gasteiger partial charge on any atom is -0.322 e. The first-order chi connectivity index (χ1) is 8.31. The number of amides is 1. The topological polar surface area (TPSA) is 37.4 Å². The van der Waals surface area contributed by atoms with Gasteiger partial charge in [-0.25, -0.2) is 0 Å². The van der Waals surface area contributed by atoms with Gasteiger partial charge in [-0.1, -0.05) is 30.0 Å². The fourth-order valence-corrected chi connectivity index (χ4v) is 1.85. The maximum absolute atomic E-state index is 11.5. The molecular weight excluding hydrogens is 214 g/mol. The van der Waals surface area contributed by atoms with E-state index in [1.807, 2.05) is 30.3 Å². The van der Waals surface area contributed by atoms with Crippen molar-refractivity contribution in [3.8, 4) is 11.8 Å². The van der Waals surface area contributed by atoms with Crippen molar-refractivity contribution < 1.29 is 9.59 Å². The third-order valence-corrected chi connectivity index (χ3v) is 2.79. The molecule has 2 rings (SSSR count). The summed E-state index contributed by atoms with van der Waals surface area (Å²) in [4.78, 5) is 23.8. The van der Waals surface area contributed by atoms with E-state index in [1.165, 1.54) is 0 Å². The highest BCUT2D eigenvalue weighted by Crippen LogP contribution is 2.15. The number of likely N-dealkylation sites (tertiary alicyclic amines) is 1. The fourth-order valence-electron chi connectivity index (χ4n) is 1.85. The zero-order chi connectivity index (χ0) is 12.1. The number of hydrogen-bond donors (Lipinski definition) is 0. The van der Waals surface area contributed by atoms with Crippen molar-refractivity contribution in [3.05, 3.63) is 35.9 Å². The van der Waals surface area contributed by atoms with Crippen molar-refractivity contribution in [2.45, 2.75) is 18.9 Å². The second-order valence-electron chi connectivity index (χ2n) is 3.93. The molecule has 0 spiro atoms. The average molecular weight is 227 g/mol. The van der Waals surface area contributed by atoms with Crippen LogP contribution in [0.15, 0.2) is 30.3 Å². The van der Waals surface area contributed by atoms with E-state index in [0.717, 1.165) is 11.8 Å². The molecule has 0 bridgehead atoms.